The highest BCUT2D eigenvalue weighted by Crippen LogP contribution is 2.38. The van der Waals surface area contributed by atoms with Gasteiger partial charge in [-0.25, -0.2) is 0 Å². The van der Waals surface area contributed by atoms with Gasteiger partial charge in [0.15, 0.2) is 0 Å². The van der Waals surface area contributed by atoms with Crippen LogP contribution in [0, 0.1) is 11.8 Å². The highest BCUT2D eigenvalue weighted by Gasteiger charge is 2.27. The monoisotopic (exact) mass is 323 g/mol. The van der Waals surface area contributed by atoms with Crippen molar-refractivity contribution < 1.29 is 4.74 Å². The van der Waals surface area contributed by atoms with Crippen LogP contribution in [0.3, 0.4) is 0 Å². The normalized spacial score (nSPS) is 22.1. The molecule has 2 aromatic carbocycles. The molecule has 3 atom stereocenters. The third-order valence-electron chi connectivity index (χ3n) is 5.33. The summed E-state index contributed by atoms with van der Waals surface area (Å²) in [6.45, 7) is 3.71. The molecule has 2 heteroatoms. The fourth-order valence-electron chi connectivity index (χ4n) is 4.02. The van der Waals surface area contributed by atoms with Crippen LogP contribution >= 0.6 is 0 Å². The van der Waals surface area contributed by atoms with E-state index >= 15 is 0 Å². The SMILES string of the molecule is CC1CCCC(C(CN)c2cccc(OCc3ccccc3)c2)C1. The van der Waals surface area contributed by atoms with E-state index in [4.69, 9.17) is 10.5 Å². The Morgan fingerprint density at radius 1 is 1.08 bits per heavy atom. The number of hydrogen-bond acceptors (Lipinski definition) is 2. The topological polar surface area (TPSA) is 35.2 Å². The predicted octanol–water partition coefficient (Wildman–Crippen LogP) is 5.13. The smallest absolute Gasteiger partial charge is 0.120 e. The molecule has 0 aromatic heterocycles. The summed E-state index contributed by atoms with van der Waals surface area (Å²) in [6, 6.07) is 18.9. The van der Waals surface area contributed by atoms with Gasteiger partial charge in [-0.05, 0) is 60.4 Å². The Hall–Kier alpha value is -1.80. The highest BCUT2D eigenvalue weighted by atomic mass is 16.5. The number of rotatable bonds is 6. The molecule has 0 heterocycles. The van der Waals surface area contributed by atoms with Gasteiger partial charge < -0.3 is 10.5 Å². The Kier molecular flexibility index (Phi) is 5.92. The molecule has 128 valence electrons. The van der Waals surface area contributed by atoms with E-state index in [9.17, 15) is 0 Å². The standard InChI is InChI=1S/C22H29NO/c1-17-7-5-10-19(13-17)22(15-23)20-11-6-12-21(14-20)24-16-18-8-3-2-4-9-18/h2-4,6,8-9,11-12,14,17,19,22H,5,7,10,13,15-16,23H2,1H3. The van der Waals surface area contributed by atoms with E-state index in [-0.39, 0.29) is 0 Å². The Bertz CT molecular complexity index is 625. The summed E-state index contributed by atoms with van der Waals surface area (Å²) in [5, 5.41) is 0. The van der Waals surface area contributed by atoms with Crippen LogP contribution in [-0.2, 0) is 6.61 Å². The molecule has 2 N–H and O–H groups in total. The zero-order valence-electron chi connectivity index (χ0n) is 14.7. The van der Waals surface area contributed by atoms with Gasteiger partial charge in [-0.15, -0.1) is 0 Å². The molecule has 2 aromatic rings. The molecule has 1 fully saturated rings. The maximum absolute atomic E-state index is 6.16. The van der Waals surface area contributed by atoms with Crippen LogP contribution in [0.1, 0.15) is 49.7 Å². The molecule has 3 unspecified atom stereocenters. The zero-order valence-corrected chi connectivity index (χ0v) is 14.7. The van der Waals surface area contributed by atoms with Gasteiger partial charge in [0, 0.05) is 0 Å². The molecule has 3 rings (SSSR count). The zero-order chi connectivity index (χ0) is 16.8. The van der Waals surface area contributed by atoms with Gasteiger partial charge in [0.25, 0.3) is 0 Å². The molecule has 1 aliphatic rings. The van der Waals surface area contributed by atoms with E-state index in [1.165, 1.54) is 36.8 Å². The lowest BCUT2D eigenvalue weighted by Gasteiger charge is -2.33. The maximum atomic E-state index is 6.16. The van der Waals surface area contributed by atoms with Crippen LogP contribution in [0.2, 0.25) is 0 Å². The van der Waals surface area contributed by atoms with Crippen LogP contribution in [0.25, 0.3) is 0 Å². The molecule has 0 aliphatic heterocycles. The molecule has 0 spiro atoms. The quantitative estimate of drug-likeness (QED) is 0.799. The van der Waals surface area contributed by atoms with Gasteiger partial charge in [-0.1, -0.05) is 62.2 Å². The van der Waals surface area contributed by atoms with E-state index in [1.54, 1.807) is 0 Å². The first kappa shape index (κ1) is 17.0. The fraction of sp³-hybridized carbons (Fsp3) is 0.455. The fourth-order valence-corrected chi connectivity index (χ4v) is 4.02. The summed E-state index contributed by atoms with van der Waals surface area (Å²) in [5.74, 6) is 2.94. The summed E-state index contributed by atoms with van der Waals surface area (Å²) in [4.78, 5) is 0. The number of nitrogens with two attached hydrogens (primary N) is 1. The van der Waals surface area contributed by atoms with Gasteiger partial charge in [0.1, 0.15) is 12.4 Å². The molecule has 0 amide bonds. The molecule has 0 radical (unpaired) electrons. The molecule has 0 saturated heterocycles. The lowest BCUT2D eigenvalue weighted by Crippen LogP contribution is -2.26. The van der Waals surface area contributed by atoms with Crippen LogP contribution in [0.5, 0.6) is 5.75 Å². The maximum Gasteiger partial charge on any atom is 0.120 e. The van der Waals surface area contributed by atoms with Gasteiger partial charge in [0.2, 0.25) is 0 Å². The molecule has 2 nitrogen and oxygen atoms in total. The number of ether oxygens (including phenoxy) is 1. The first-order valence-electron chi connectivity index (χ1n) is 9.23. The van der Waals surface area contributed by atoms with Gasteiger partial charge in [0.05, 0.1) is 0 Å². The third-order valence-corrected chi connectivity index (χ3v) is 5.33. The summed E-state index contributed by atoms with van der Waals surface area (Å²) >= 11 is 0. The molecule has 1 aliphatic carbocycles. The second-order valence-corrected chi connectivity index (χ2v) is 7.22. The van der Waals surface area contributed by atoms with Gasteiger partial charge in [-0.3, -0.25) is 0 Å². The molecular weight excluding hydrogens is 294 g/mol. The first-order chi connectivity index (χ1) is 11.8. The minimum Gasteiger partial charge on any atom is -0.489 e. The first-order valence-corrected chi connectivity index (χ1v) is 9.23. The third kappa shape index (κ3) is 4.39. The van der Waals surface area contributed by atoms with E-state index < -0.39 is 0 Å². The van der Waals surface area contributed by atoms with Crippen molar-refractivity contribution in [2.24, 2.45) is 17.6 Å². The minimum absolute atomic E-state index is 0.452. The number of benzene rings is 2. The lowest BCUT2D eigenvalue weighted by atomic mass is 9.73. The van der Waals surface area contributed by atoms with Crippen molar-refractivity contribution in [2.75, 3.05) is 6.54 Å². The number of hydrogen-bond donors (Lipinski definition) is 1. The largest absolute Gasteiger partial charge is 0.489 e. The lowest BCUT2D eigenvalue weighted by molar-refractivity contribution is 0.247. The average Bonchev–Trinajstić information content (AvgIpc) is 2.62. The second kappa shape index (κ2) is 8.34. The van der Waals surface area contributed by atoms with Crippen molar-refractivity contribution >= 4 is 0 Å². The van der Waals surface area contributed by atoms with Crippen molar-refractivity contribution in [3.8, 4) is 5.75 Å². The predicted molar refractivity (Wildman–Crippen MR) is 100 cm³/mol. The summed E-state index contributed by atoms with van der Waals surface area (Å²) in [7, 11) is 0. The summed E-state index contributed by atoms with van der Waals surface area (Å²) < 4.78 is 6.00. The van der Waals surface area contributed by atoms with Crippen LogP contribution in [0.15, 0.2) is 54.6 Å². The van der Waals surface area contributed by atoms with Crippen molar-refractivity contribution in [3.05, 3.63) is 65.7 Å². The van der Waals surface area contributed by atoms with Crippen molar-refractivity contribution in [2.45, 2.75) is 45.1 Å². The van der Waals surface area contributed by atoms with Crippen LogP contribution in [0.4, 0.5) is 0 Å². The van der Waals surface area contributed by atoms with Crippen LogP contribution < -0.4 is 10.5 Å². The second-order valence-electron chi connectivity index (χ2n) is 7.22. The Labute approximate surface area is 146 Å². The Morgan fingerprint density at radius 3 is 2.67 bits per heavy atom. The van der Waals surface area contributed by atoms with Gasteiger partial charge in [-0.2, -0.15) is 0 Å². The minimum atomic E-state index is 0.452. The van der Waals surface area contributed by atoms with Crippen molar-refractivity contribution in [1.82, 2.24) is 0 Å². The van der Waals surface area contributed by atoms with Gasteiger partial charge >= 0.3 is 0 Å². The highest BCUT2D eigenvalue weighted by molar-refractivity contribution is 5.32. The molecule has 24 heavy (non-hydrogen) atoms. The van der Waals surface area contributed by atoms with E-state index in [0.717, 1.165) is 18.2 Å². The van der Waals surface area contributed by atoms with Crippen molar-refractivity contribution in [3.63, 3.8) is 0 Å². The summed E-state index contributed by atoms with van der Waals surface area (Å²) in [6.07, 6.45) is 5.32. The average molecular weight is 323 g/mol. The molecule has 0 bridgehead atoms. The van der Waals surface area contributed by atoms with E-state index in [1.807, 2.05) is 24.3 Å². The van der Waals surface area contributed by atoms with Crippen molar-refractivity contribution in [1.29, 1.82) is 0 Å². The van der Waals surface area contributed by atoms with E-state index in [2.05, 4.69) is 37.3 Å². The Balaban J connectivity index is 1.68. The molecular formula is C22H29NO. The van der Waals surface area contributed by atoms with E-state index in [0.29, 0.717) is 18.4 Å². The molecule has 1 saturated carbocycles. The summed E-state index contributed by atoms with van der Waals surface area (Å²) in [5.41, 5.74) is 8.68. The van der Waals surface area contributed by atoms with Crippen LogP contribution in [-0.4, -0.2) is 6.54 Å². The Morgan fingerprint density at radius 2 is 1.92 bits per heavy atom.